The Morgan fingerprint density at radius 2 is 2.24 bits per heavy atom. The van der Waals surface area contributed by atoms with Crippen LogP contribution in [0.2, 0.25) is 0 Å². The highest BCUT2D eigenvalue weighted by Gasteiger charge is 2.22. The summed E-state index contributed by atoms with van der Waals surface area (Å²) in [6, 6.07) is 5.51. The molecule has 21 heavy (non-hydrogen) atoms. The fraction of sp³-hybridized carbons (Fsp3) is 0.250. The first-order chi connectivity index (χ1) is 10.2. The van der Waals surface area contributed by atoms with E-state index in [2.05, 4.69) is 20.4 Å². The third-order valence-corrected chi connectivity index (χ3v) is 2.84. The van der Waals surface area contributed by atoms with Crippen LogP contribution in [0.5, 0.6) is 0 Å². The molecule has 0 unspecified atom stereocenters. The topological polar surface area (TPSA) is 123 Å². The predicted octanol–water partition coefficient (Wildman–Crippen LogP) is 1.09. The summed E-state index contributed by atoms with van der Waals surface area (Å²) >= 11 is 0. The van der Waals surface area contributed by atoms with Gasteiger partial charge in [-0.2, -0.15) is 4.98 Å². The van der Waals surface area contributed by atoms with Gasteiger partial charge in [0.1, 0.15) is 6.20 Å². The summed E-state index contributed by atoms with van der Waals surface area (Å²) in [5.41, 5.74) is 2.90. The molecule has 0 aromatic carbocycles. The van der Waals surface area contributed by atoms with E-state index in [0.717, 1.165) is 11.9 Å². The number of hydrazine groups is 1. The van der Waals surface area contributed by atoms with Gasteiger partial charge in [0.2, 0.25) is 11.8 Å². The molecule has 0 atom stereocenters. The number of rotatable bonds is 6. The van der Waals surface area contributed by atoms with E-state index in [9.17, 15) is 10.1 Å². The Balaban J connectivity index is 2.38. The van der Waals surface area contributed by atoms with Crippen LogP contribution in [0, 0.1) is 10.1 Å². The van der Waals surface area contributed by atoms with Crippen molar-refractivity contribution in [2.24, 2.45) is 5.84 Å². The van der Waals surface area contributed by atoms with E-state index in [1.165, 1.54) is 0 Å². The Labute approximate surface area is 121 Å². The van der Waals surface area contributed by atoms with E-state index in [4.69, 9.17) is 5.84 Å². The van der Waals surface area contributed by atoms with Gasteiger partial charge >= 0.3 is 5.69 Å². The van der Waals surface area contributed by atoms with Crippen LogP contribution in [0.1, 0.15) is 12.6 Å². The lowest BCUT2D eigenvalue weighted by Gasteiger charge is -2.21. The highest BCUT2D eigenvalue weighted by molar-refractivity contribution is 5.58. The van der Waals surface area contributed by atoms with Crippen molar-refractivity contribution < 1.29 is 4.92 Å². The van der Waals surface area contributed by atoms with Gasteiger partial charge in [-0.25, -0.2) is 10.8 Å². The van der Waals surface area contributed by atoms with Crippen LogP contribution in [0.3, 0.4) is 0 Å². The van der Waals surface area contributed by atoms with Crippen LogP contribution in [0.15, 0.2) is 30.6 Å². The lowest BCUT2D eigenvalue weighted by molar-refractivity contribution is -0.384. The maximum absolute atomic E-state index is 11.1. The van der Waals surface area contributed by atoms with E-state index in [-0.39, 0.29) is 17.5 Å². The molecule has 0 bridgehead atoms. The molecule has 0 aliphatic heterocycles. The molecular formula is C12H15N7O2. The Morgan fingerprint density at radius 3 is 2.81 bits per heavy atom. The molecule has 110 valence electrons. The van der Waals surface area contributed by atoms with Gasteiger partial charge in [0.15, 0.2) is 0 Å². The second-order valence-corrected chi connectivity index (χ2v) is 4.14. The van der Waals surface area contributed by atoms with Crippen LogP contribution >= 0.6 is 0 Å². The molecule has 0 amide bonds. The van der Waals surface area contributed by atoms with Gasteiger partial charge in [-0.15, -0.1) is 0 Å². The summed E-state index contributed by atoms with van der Waals surface area (Å²) in [6.07, 6.45) is 2.81. The summed E-state index contributed by atoms with van der Waals surface area (Å²) in [7, 11) is 0. The van der Waals surface area contributed by atoms with Gasteiger partial charge in [0, 0.05) is 12.7 Å². The largest absolute Gasteiger partial charge is 0.345 e. The molecular weight excluding hydrogens is 274 g/mol. The number of hydrogen-bond acceptors (Lipinski definition) is 8. The number of nitrogen functional groups attached to an aromatic ring is 1. The number of hydrogen-bond donors (Lipinski definition) is 2. The van der Waals surface area contributed by atoms with Gasteiger partial charge in [0.25, 0.3) is 0 Å². The minimum Gasteiger partial charge on any atom is -0.345 e. The van der Waals surface area contributed by atoms with Crippen LogP contribution in [-0.2, 0) is 6.54 Å². The van der Waals surface area contributed by atoms with E-state index in [1.807, 2.05) is 25.1 Å². The second kappa shape index (κ2) is 6.57. The molecule has 0 fully saturated rings. The first-order valence-electron chi connectivity index (χ1n) is 6.28. The average molecular weight is 289 g/mol. The third kappa shape index (κ3) is 3.39. The molecule has 0 saturated heterocycles. The Morgan fingerprint density at radius 1 is 1.43 bits per heavy atom. The Kier molecular flexibility index (Phi) is 4.57. The zero-order valence-electron chi connectivity index (χ0n) is 11.4. The smallest absolute Gasteiger partial charge is 0.329 e. The summed E-state index contributed by atoms with van der Waals surface area (Å²) in [5, 5.41) is 11.1. The fourth-order valence-corrected chi connectivity index (χ4v) is 1.82. The minimum atomic E-state index is -0.517. The number of pyridine rings is 1. The van der Waals surface area contributed by atoms with Crippen molar-refractivity contribution >= 4 is 17.5 Å². The van der Waals surface area contributed by atoms with Crippen molar-refractivity contribution in [2.75, 3.05) is 16.9 Å². The van der Waals surface area contributed by atoms with Crippen molar-refractivity contribution in [3.05, 3.63) is 46.4 Å². The lowest BCUT2D eigenvalue weighted by Crippen LogP contribution is -2.25. The molecule has 2 aromatic rings. The predicted molar refractivity (Wildman–Crippen MR) is 77.5 cm³/mol. The molecule has 9 nitrogen and oxygen atoms in total. The summed E-state index contributed by atoms with van der Waals surface area (Å²) in [4.78, 5) is 24.4. The molecule has 0 saturated carbocycles. The van der Waals surface area contributed by atoms with Gasteiger partial charge in [-0.05, 0) is 19.1 Å². The van der Waals surface area contributed by atoms with E-state index in [0.29, 0.717) is 13.1 Å². The molecule has 0 spiro atoms. The van der Waals surface area contributed by atoms with Gasteiger partial charge in [0.05, 0.1) is 17.2 Å². The van der Waals surface area contributed by atoms with Crippen LogP contribution in [0.4, 0.5) is 17.5 Å². The number of nitro groups is 1. The van der Waals surface area contributed by atoms with Gasteiger partial charge < -0.3 is 4.90 Å². The quantitative estimate of drug-likeness (QED) is 0.460. The van der Waals surface area contributed by atoms with Crippen LogP contribution < -0.4 is 16.2 Å². The first-order valence-corrected chi connectivity index (χ1v) is 6.28. The van der Waals surface area contributed by atoms with Crippen LogP contribution in [0.25, 0.3) is 0 Å². The van der Waals surface area contributed by atoms with Gasteiger partial charge in [-0.3, -0.25) is 20.5 Å². The minimum absolute atomic E-state index is 0.120. The molecule has 3 N–H and O–H groups in total. The molecule has 2 aromatic heterocycles. The van der Waals surface area contributed by atoms with Crippen molar-refractivity contribution in [2.45, 2.75) is 13.5 Å². The average Bonchev–Trinajstić information content (AvgIpc) is 2.52. The van der Waals surface area contributed by atoms with E-state index < -0.39 is 4.92 Å². The molecule has 0 radical (unpaired) electrons. The molecule has 0 aliphatic rings. The maximum Gasteiger partial charge on any atom is 0.329 e. The molecule has 9 heteroatoms. The molecule has 0 aliphatic carbocycles. The van der Waals surface area contributed by atoms with Crippen molar-refractivity contribution in [1.29, 1.82) is 0 Å². The van der Waals surface area contributed by atoms with E-state index >= 15 is 0 Å². The second-order valence-electron chi connectivity index (χ2n) is 4.14. The van der Waals surface area contributed by atoms with Crippen molar-refractivity contribution in [3.8, 4) is 0 Å². The van der Waals surface area contributed by atoms with Crippen molar-refractivity contribution in [3.63, 3.8) is 0 Å². The summed E-state index contributed by atoms with van der Waals surface area (Å²) in [6.45, 7) is 2.81. The normalized spacial score (nSPS) is 10.2. The highest BCUT2D eigenvalue weighted by atomic mass is 16.6. The zero-order valence-corrected chi connectivity index (χ0v) is 11.4. The fourth-order valence-electron chi connectivity index (χ4n) is 1.82. The summed E-state index contributed by atoms with van der Waals surface area (Å²) < 4.78 is 0. The number of nitrogens with zero attached hydrogens (tertiary/aromatic N) is 5. The molecule has 2 heterocycles. The third-order valence-electron chi connectivity index (χ3n) is 2.84. The Hall–Kier alpha value is -2.81. The maximum atomic E-state index is 11.1. The van der Waals surface area contributed by atoms with Crippen LogP contribution in [-0.4, -0.2) is 26.4 Å². The van der Waals surface area contributed by atoms with Crippen molar-refractivity contribution in [1.82, 2.24) is 15.0 Å². The summed E-state index contributed by atoms with van der Waals surface area (Å²) in [5.74, 6) is 5.59. The van der Waals surface area contributed by atoms with E-state index in [1.54, 1.807) is 11.1 Å². The first kappa shape index (κ1) is 14.6. The molecule has 2 rings (SSSR count). The highest BCUT2D eigenvalue weighted by Crippen LogP contribution is 2.26. The standard InChI is InChI=1S/C12H15N7O2/c1-2-18(8-9-5-3-4-6-14-9)11-10(19(20)21)7-15-12(16-11)17-13/h3-7H,2,8,13H2,1H3,(H,15,16,17). The number of aromatic nitrogens is 3. The lowest BCUT2D eigenvalue weighted by atomic mass is 10.3. The number of nitrogens with two attached hydrogens (primary N) is 1. The number of anilines is 2. The van der Waals surface area contributed by atoms with Gasteiger partial charge in [-0.1, -0.05) is 6.07 Å². The monoisotopic (exact) mass is 289 g/mol. The number of nitrogens with one attached hydrogen (secondary N) is 1. The SMILES string of the molecule is CCN(Cc1ccccn1)c1nc(NN)ncc1[N+](=O)[O-]. The Bertz CT molecular complexity index is 620. The zero-order chi connectivity index (χ0) is 15.2.